The van der Waals surface area contributed by atoms with Crippen LogP contribution in [0.4, 0.5) is 0 Å². The van der Waals surface area contributed by atoms with Crippen molar-refractivity contribution < 1.29 is 19.4 Å². The zero-order valence-corrected chi connectivity index (χ0v) is 9.32. The fraction of sp³-hybridized carbons (Fsp3) is 0.200. The molecule has 0 radical (unpaired) electrons. The molecule has 15 heavy (non-hydrogen) atoms. The van der Waals surface area contributed by atoms with Gasteiger partial charge in [0.1, 0.15) is 12.4 Å². The lowest BCUT2D eigenvalue weighted by Gasteiger charge is -2.06. The predicted octanol–water partition coefficient (Wildman–Crippen LogP) is 0.393. The molecular formula is C10H8BrO4-. The maximum atomic E-state index is 11.2. The first kappa shape index (κ1) is 11.7. The van der Waals surface area contributed by atoms with Gasteiger partial charge in [0.2, 0.25) is 0 Å². The summed E-state index contributed by atoms with van der Waals surface area (Å²) >= 11 is 3.05. The first-order valence-corrected chi connectivity index (χ1v) is 5.27. The number of Topliss-reactive ketones (excluding diaryl/α,β-unsaturated/α-hetero) is 1. The van der Waals surface area contributed by atoms with Crippen molar-refractivity contribution in [1.29, 1.82) is 0 Å². The van der Waals surface area contributed by atoms with Gasteiger partial charge in [-0.1, -0.05) is 15.9 Å². The van der Waals surface area contributed by atoms with Gasteiger partial charge in [0.15, 0.2) is 5.78 Å². The van der Waals surface area contributed by atoms with Crippen molar-refractivity contribution in [2.24, 2.45) is 0 Å². The van der Waals surface area contributed by atoms with E-state index in [2.05, 4.69) is 15.9 Å². The van der Waals surface area contributed by atoms with Gasteiger partial charge in [-0.3, -0.25) is 4.79 Å². The molecule has 0 bridgehead atoms. The van der Waals surface area contributed by atoms with Crippen LogP contribution in [0.15, 0.2) is 24.3 Å². The Balaban J connectivity index is 2.64. The van der Waals surface area contributed by atoms with Gasteiger partial charge in [-0.2, -0.15) is 0 Å². The lowest BCUT2D eigenvalue weighted by Crippen LogP contribution is -2.28. The van der Waals surface area contributed by atoms with Crippen molar-refractivity contribution in [3.05, 3.63) is 29.8 Å². The van der Waals surface area contributed by atoms with E-state index in [-0.39, 0.29) is 11.1 Å². The number of benzene rings is 1. The summed E-state index contributed by atoms with van der Waals surface area (Å²) in [4.78, 5) is 21.3. The Morgan fingerprint density at radius 3 is 2.33 bits per heavy atom. The lowest BCUT2D eigenvalue weighted by atomic mass is 10.1. The Bertz CT molecular complexity index is 358. The van der Waals surface area contributed by atoms with Crippen LogP contribution in [-0.4, -0.2) is 23.7 Å². The second-order valence-electron chi connectivity index (χ2n) is 2.74. The molecule has 0 amide bonds. The molecule has 0 aliphatic heterocycles. The van der Waals surface area contributed by atoms with E-state index in [0.29, 0.717) is 11.3 Å². The number of carboxylic acid groups (broad SMARTS) is 1. The molecule has 0 atom stereocenters. The summed E-state index contributed by atoms with van der Waals surface area (Å²) in [5.74, 6) is -0.928. The van der Waals surface area contributed by atoms with E-state index in [1.807, 2.05) is 0 Å². The van der Waals surface area contributed by atoms with Crippen molar-refractivity contribution in [1.82, 2.24) is 0 Å². The number of halogens is 1. The predicted molar refractivity (Wildman–Crippen MR) is 55.1 cm³/mol. The summed E-state index contributed by atoms with van der Waals surface area (Å²) < 4.78 is 4.85. The largest absolute Gasteiger partial charge is 0.546 e. The molecule has 0 aromatic heterocycles. The molecule has 0 saturated heterocycles. The highest BCUT2D eigenvalue weighted by molar-refractivity contribution is 9.09. The highest BCUT2D eigenvalue weighted by Crippen LogP contribution is 2.12. The Labute approximate surface area is 95.0 Å². The van der Waals surface area contributed by atoms with E-state index in [9.17, 15) is 14.7 Å². The zero-order chi connectivity index (χ0) is 11.3. The second kappa shape index (κ2) is 5.50. The van der Waals surface area contributed by atoms with E-state index in [0.717, 1.165) is 0 Å². The van der Waals surface area contributed by atoms with E-state index < -0.39 is 12.6 Å². The first-order chi connectivity index (χ1) is 7.13. The van der Waals surface area contributed by atoms with Gasteiger partial charge in [0.25, 0.3) is 0 Å². The van der Waals surface area contributed by atoms with Gasteiger partial charge in [0, 0.05) is 5.56 Å². The van der Waals surface area contributed by atoms with Gasteiger partial charge in [-0.25, -0.2) is 0 Å². The average molecular weight is 272 g/mol. The first-order valence-electron chi connectivity index (χ1n) is 4.15. The lowest BCUT2D eigenvalue weighted by molar-refractivity contribution is -0.307. The molecule has 1 aromatic carbocycles. The van der Waals surface area contributed by atoms with Crippen LogP contribution >= 0.6 is 15.9 Å². The minimum Gasteiger partial charge on any atom is -0.546 e. The van der Waals surface area contributed by atoms with Crippen molar-refractivity contribution in [3.8, 4) is 5.75 Å². The number of ether oxygens (including phenoxy) is 1. The Morgan fingerprint density at radius 2 is 1.87 bits per heavy atom. The summed E-state index contributed by atoms with van der Waals surface area (Å²) in [5.41, 5.74) is 0.549. The summed E-state index contributed by atoms with van der Waals surface area (Å²) in [6, 6.07) is 6.24. The Morgan fingerprint density at radius 1 is 1.27 bits per heavy atom. The molecule has 80 valence electrons. The SMILES string of the molecule is O=C([O-])COc1ccc(C(=O)CBr)cc1. The fourth-order valence-corrected chi connectivity index (χ4v) is 1.28. The van der Waals surface area contributed by atoms with Gasteiger partial charge >= 0.3 is 0 Å². The van der Waals surface area contributed by atoms with Gasteiger partial charge < -0.3 is 14.6 Å². The average Bonchev–Trinajstić information content (AvgIpc) is 2.26. The molecule has 1 rings (SSSR count). The van der Waals surface area contributed by atoms with Crippen LogP contribution in [0.25, 0.3) is 0 Å². The quantitative estimate of drug-likeness (QED) is 0.574. The maximum Gasteiger partial charge on any atom is 0.173 e. The van der Waals surface area contributed by atoms with Crippen LogP contribution in [0, 0.1) is 0 Å². The molecule has 0 spiro atoms. The number of rotatable bonds is 5. The number of aliphatic carboxylic acids is 1. The number of ketones is 1. The van der Waals surface area contributed by atoms with Crippen molar-refractivity contribution in [2.75, 3.05) is 11.9 Å². The minimum absolute atomic E-state index is 0.0403. The van der Waals surface area contributed by atoms with E-state index in [1.165, 1.54) is 0 Å². The van der Waals surface area contributed by atoms with Crippen molar-refractivity contribution in [3.63, 3.8) is 0 Å². The monoisotopic (exact) mass is 271 g/mol. The smallest absolute Gasteiger partial charge is 0.173 e. The third-order valence-corrected chi connectivity index (χ3v) is 2.16. The van der Waals surface area contributed by atoms with Gasteiger partial charge in [0.05, 0.1) is 11.3 Å². The molecule has 1 aromatic rings. The summed E-state index contributed by atoms with van der Waals surface area (Å²) in [6.07, 6.45) is 0. The highest BCUT2D eigenvalue weighted by Gasteiger charge is 2.03. The van der Waals surface area contributed by atoms with Crippen LogP contribution in [0.3, 0.4) is 0 Å². The van der Waals surface area contributed by atoms with Crippen molar-refractivity contribution >= 4 is 27.7 Å². The number of carboxylic acids is 1. The van der Waals surface area contributed by atoms with Crippen LogP contribution in [0.5, 0.6) is 5.75 Å². The summed E-state index contributed by atoms with van der Waals surface area (Å²) in [7, 11) is 0. The minimum atomic E-state index is -1.28. The van der Waals surface area contributed by atoms with Crippen LogP contribution in [-0.2, 0) is 4.79 Å². The summed E-state index contributed by atoms with van der Waals surface area (Å²) in [6.45, 7) is -0.494. The number of carbonyl (C=O) groups excluding carboxylic acids is 2. The molecule has 0 N–H and O–H groups in total. The molecule has 0 aliphatic carbocycles. The highest BCUT2D eigenvalue weighted by atomic mass is 79.9. The zero-order valence-electron chi connectivity index (χ0n) is 7.73. The topological polar surface area (TPSA) is 66.4 Å². The van der Waals surface area contributed by atoms with E-state index in [1.54, 1.807) is 24.3 Å². The van der Waals surface area contributed by atoms with Crippen LogP contribution in [0.2, 0.25) is 0 Å². The second-order valence-corrected chi connectivity index (χ2v) is 3.30. The third-order valence-electron chi connectivity index (χ3n) is 1.65. The number of hydrogen-bond acceptors (Lipinski definition) is 4. The summed E-state index contributed by atoms with van der Waals surface area (Å²) in [5, 5.41) is 10.4. The fourth-order valence-electron chi connectivity index (χ4n) is 0.956. The van der Waals surface area contributed by atoms with E-state index >= 15 is 0 Å². The molecule has 0 saturated carbocycles. The Kier molecular flexibility index (Phi) is 4.30. The standard InChI is InChI=1S/C10H9BrO4/c11-5-9(12)7-1-3-8(4-2-7)15-6-10(13)14/h1-4H,5-6H2,(H,13,14)/p-1. The Hall–Kier alpha value is -1.36. The number of carbonyl (C=O) groups is 2. The maximum absolute atomic E-state index is 11.2. The molecule has 0 unspecified atom stereocenters. The molecule has 5 heteroatoms. The molecular weight excluding hydrogens is 264 g/mol. The number of alkyl halides is 1. The molecule has 4 nitrogen and oxygen atoms in total. The molecule has 0 fully saturated rings. The van der Waals surface area contributed by atoms with Gasteiger partial charge in [-0.15, -0.1) is 0 Å². The van der Waals surface area contributed by atoms with Crippen LogP contribution in [0.1, 0.15) is 10.4 Å². The van der Waals surface area contributed by atoms with Crippen molar-refractivity contribution in [2.45, 2.75) is 0 Å². The van der Waals surface area contributed by atoms with Gasteiger partial charge in [-0.05, 0) is 24.3 Å². The molecule has 0 heterocycles. The third kappa shape index (κ3) is 3.71. The number of hydrogen-bond donors (Lipinski definition) is 0. The van der Waals surface area contributed by atoms with E-state index in [4.69, 9.17) is 4.74 Å². The molecule has 0 aliphatic rings. The normalized spacial score (nSPS) is 9.67. The van der Waals surface area contributed by atoms with Crippen LogP contribution < -0.4 is 9.84 Å².